The van der Waals surface area contributed by atoms with Gasteiger partial charge in [-0.05, 0) is 73.8 Å². The van der Waals surface area contributed by atoms with Crippen LogP contribution in [-0.4, -0.2) is 11.2 Å². The predicted octanol–water partition coefficient (Wildman–Crippen LogP) is 5.82. The topological polar surface area (TPSA) is 33.3 Å². The van der Waals surface area contributed by atoms with Crippen LogP contribution in [0.2, 0.25) is 0 Å². The minimum atomic E-state index is 0.132. The molecule has 0 unspecified atom stereocenters. The molecule has 0 radical (unpaired) electrons. The molecule has 0 aliphatic carbocycles. The van der Waals surface area contributed by atoms with Crippen LogP contribution in [0, 0.1) is 0 Å². The Labute approximate surface area is 163 Å². The maximum absolute atomic E-state index is 5.65. The molecule has 2 N–H and O–H groups in total. The summed E-state index contributed by atoms with van der Waals surface area (Å²) >= 11 is 5.45. The Bertz CT molecular complexity index is 715. The first-order valence-electron chi connectivity index (χ1n) is 9.10. The van der Waals surface area contributed by atoms with Crippen molar-refractivity contribution in [3.63, 3.8) is 0 Å². The Morgan fingerprint density at radius 1 is 0.923 bits per heavy atom. The summed E-state index contributed by atoms with van der Waals surface area (Å²) in [5, 5.41) is 7.17. The highest BCUT2D eigenvalue weighted by Gasteiger charge is 2.14. The van der Waals surface area contributed by atoms with Gasteiger partial charge in [0.05, 0.1) is 12.1 Å². The molecule has 0 spiro atoms. The fraction of sp³-hybridized carbons (Fsp3) is 0.409. The third-order valence-corrected chi connectivity index (χ3v) is 4.33. The van der Waals surface area contributed by atoms with E-state index in [1.165, 1.54) is 11.1 Å². The lowest BCUT2D eigenvalue weighted by atomic mass is 9.86. The number of rotatable bonds is 5. The standard InChI is InChI=1S/C22H30N2OS/c1-15(2)25-20-13-11-19(12-14-20)24-21(26)23-16(3)17-7-9-18(10-8-17)22(4,5)6/h7-16H,1-6H3,(H2,23,24,26)/t16-/m0/s1. The van der Waals surface area contributed by atoms with Crippen molar-refractivity contribution in [2.24, 2.45) is 0 Å². The zero-order valence-electron chi connectivity index (χ0n) is 16.6. The summed E-state index contributed by atoms with van der Waals surface area (Å²) in [6.07, 6.45) is 0.169. The van der Waals surface area contributed by atoms with Crippen LogP contribution in [0.3, 0.4) is 0 Å². The van der Waals surface area contributed by atoms with E-state index >= 15 is 0 Å². The van der Waals surface area contributed by atoms with Crippen molar-refractivity contribution in [1.29, 1.82) is 0 Å². The quantitative estimate of drug-likeness (QED) is 0.650. The molecule has 0 fully saturated rings. The van der Waals surface area contributed by atoms with Gasteiger partial charge in [0, 0.05) is 5.69 Å². The van der Waals surface area contributed by atoms with Crippen molar-refractivity contribution < 1.29 is 4.74 Å². The summed E-state index contributed by atoms with van der Waals surface area (Å²) in [5.41, 5.74) is 3.65. The maximum Gasteiger partial charge on any atom is 0.171 e. The number of hydrogen-bond acceptors (Lipinski definition) is 2. The molecule has 26 heavy (non-hydrogen) atoms. The Balaban J connectivity index is 1.92. The van der Waals surface area contributed by atoms with Gasteiger partial charge in [0.15, 0.2) is 5.11 Å². The van der Waals surface area contributed by atoms with Gasteiger partial charge >= 0.3 is 0 Å². The number of thiocarbonyl (C=S) groups is 1. The van der Waals surface area contributed by atoms with Gasteiger partial charge in [0.2, 0.25) is 0 Å². The smallest absolute Gasteiger partial charge is 0.171 e. The van der Waals surface area contributed by atoms with E-state index < -0.39 is 0 Å². The average Bonchev–Trinajstić information content (AvgIpc) is 2.55. The van der Waals surface area contributed by atoms with Crippen LogP contribution in [0.25, 0.3) is 0 Å². The summed E-state index contributed by atoms with van der Waals surface area (Å²) in [6.45, 7) is 12.8. The second-order valence-electron chi connectivity index (χ2n) is 7.88. The predicted molar refractivity (Wildman–Crippen MR) is 115 cm³/mol. The van der Waals surface area contributed by atoms with E-state index in [4.69, 9.17) is 17.0 Å². The lowest BCUT2D eigenvalue weighted by Gasteiger charge is -2.21. The highest BCUT2D eigenvalue weighted by molar-refractivity contribution is 7.80. The van der Waals surface area contributed by atoms with Crippen LogP contribution in [-0.2, 0) is 5.41 Å². The number of hydrogen-bond donors (Lipinski definition) is 2. The van der Waals surface area contributed by atoms with Gasteiger partial charge in [0.1, 0.15) is 5.75 Å². The summed E-state index contributed by atoms with van der Waals surface area (Å²) in [4.78, 5) is 0. The normalized spacial score (nSPS) is 12.6. The lowest BCUT2D eigenvalue weighted by molar-refractivity contribution is 0.242. The molecule has 0 aliphatic rings. The third kappa shape index (κ3) is 6.03. The van der Waals surface area contributed by atoms with E-state index in [1.54, 1.807) is 0 Å². The highest BCUT2D eigenvalue weighted by Crippen LogP contribution is 2.24. The molecular weight excluding hydrogens is 340 g/mol. The van der Waals surface area contributed by atoms with Gasteiger partial charge < -0.3 is 15.4 Å². The number of nitrogens with one attached hydrogen (secondary N) is 2. The SMILES string of the molecule is CC(C)Oc1ccc(NC(=S)N[C@@H](C)c2ccc(C(C)(C)C)cc2)cc1. The first-order valence-corrected chi connectivity index (χ1v) is 9.50. The van der Waals surface area contributed by atoms with Crippen molar-refractivity contribution in [2.45, 2.75) is 59.1 Å². The number of benzene rings is 2. The van der Waals surface area contributed by atoms with Gasteiger partial charge in [-0.3, -0.25) is 0 Å². The number of ether oxygens (including phenoxy) is 1. The average molecular weight is 371 g/mol. The minimum absolute atomic E-state index is 0.132. The van der Waals surface area contributed by atoms with Crippen LogP contribution in [0.1, 0.15) is 58.7 Å². The molecule has 140 valence electrons. The molecule has 2 aromatic rings. The Hall–Kier alpha value is -2.07. The van der Waals surface area contributed by atoms with E-state index in [0.717, 1.165) is 11.4 Å². The molecule has 0 bridgehead atoms. The molecule has 2 aromatic carbocycles. The monoisotopic (exact) mass is 370 g/mol. The summed E-state index contributed by atoms with van der Waals surface area (Å²) in [7, 11) is 0. The molecule has 0 aliphatic heterocycles. The molecule has 1 atom stereocenters. The second-order valence-corrected chi connectivity index (χ2v) is 8.29. The molecule has 0 amide bonds. The fourth-order valence-electron chi connectivity index (χ4n) is 2.61. The first kappa shape index (κ1) is 20.2. The second kappa shape index (κ2) is 8.54. The molecule has 0 heterocycles. The van der Waals surface area contributed by atoms with Gasteiger partial charge in [-0.2, -0.15) is 0 Å². The van der Waals surface area contributed by atoms with Crippen molar-refractivity contribution in [2.75, 3.05) is 5.32 Å². The van der Waals surface area contributed by atoms with Gasteiger partial charge in [-0.15, -0.1) is 0 Å². The minimum Gasteiger partial charge on any atom is -0.491 e. The molecular formula is C22H30N2OS. The largest absolute Gasteiger partial charge is 0.491 e. The molecule has 4 heteroatoms. The Kier molecular flexibility index (Phi) is 6.65. The van der Waals surface area contributed by atoms with Crippen molar-refractivity contribution >= 4 is 23.0 Å². The molecule has 0 aromatic heterocycles. The number of anilines is 1. The van der Waals surface area contributed by atoms with Gasteiger partial charge in [-0.1, -0.05) is 45.0 Å². The zero-order valence-corrected chi connectivity index (χ0v) is 17.4. The lowest BCUT2D eigenvalue weighted by Crippen LogP contribution is -2.30. The van der Waals surface area contributed by atoms with Crippen LogP contribution >= 0.6 is 12.2 Å². The fourth-order valence-corrected chi connectivity index (χ4v) is 2.90. The Morgan fingerprint density at radius 3 is 2.00 bits per heavy atom. The van der Waals surface area contributed by atoms with Crippen LogP contribution in [0.15, 0.2) is 48.5 Å². The summed E-state index contributed by atoms with van der Waals surface area (Å²) in [6, 6.07) is 16.7. The zero-order chi connectivity index (χ0) is 19.3. The first-order chi connectivity index (χ1) is 12.1. The van der Waals surface area contributed by atoms with Crippen molar-refractivity contribution in [1.82, 2.24) is 5.32 Å². The molecule has 0 saturated heterocycles. The van der Waals surface area contributed by atoms with Crippen LogP contribution in [0.4, 0.5) is 5.69 Å². The van der Waals surface area contributed by atoms with Crippen LogP contribution in [0.5, 0.6) is 5.75 Å². The molecule has 0 saturated carbocycles. The summed E-state index contributed by atoms with van der Waals surface area (Å²) < 4.78 is 5.65. The van der Waals surface area contributed by atoms with E-state index in [-0.39, 0.29) is 17.6 Å². The molecule has 3 nitrogen and oxygen atoms in total. The molecule has 2 rings (SSSR count). The third-order valence-electron chi connectivity index (χ3n) is 4.11. The maximum atomic E-state index is 5.65. The van der Waals surface area contributed by atoms with Gasteiger partial charge in [-0.25, -0.2) is 0 Å². The van der Waals surface area contributed by atoms with E-state index in [1.807, 2.05) is 38.1 Å². The highest BCUT2D eigenvalue weighted by atomic mass is 32.1. The van der Waals surface area contributed by atoms with Crippen molar-refractivity contribution in [3.05, 3.63) is 59.7 Å². The van der Waals surface area contributed by atoms with E-state index in [9.17, 15) is 0 Å². The summed E-state index contributed by atoms with van der Waals surface area (Å²) in [5.74, 6) is 0.858. The van der Waals surface area contributed by atoms with E-state index in [0.29, 0.717) is 5.11 Å². The van der Waals surface area contributed by atoms with Gasteiger partial charge in [0.25, 0.3) is 0 Å². The van der Waals surface area contributed by atoms with E-state index in [2.05, 4.69) is 62.6 Å². The Morgan fingerprint density at radius 2 is 1.50 bits per heavy atom. The van der Waals surface area contributed by atoms with Crippen molar-refractivity contribution in [3.8, 4) is 5.75 Å². The van der Waals surface area contributed by atoms with Crippen LogP contribution < -0.4 is 15.4 Å².